The van der Waals surface area contributed by atoms with Gasteiger partial charge in [0.05, 0.1) is 0 Å². The normalized spacial score (nSPS) is 12.4. The maximum absolute atomic E-state index is 13.2. The van der Waals surface area contributed by atoms with E-state index in [1.54, 1.807) is 7.05 Å². The molecule has 0 bridgehead atoms. The Morgan fingerprint density at radius 2 is 2.00 bits per heavy atom. The van der Waals surface area contributed by atoms with Crippen LogP contribution in [0, 0.1) is 5.82 Å². The van der Waals surface area contributed by atoms with Gasteiger partial charge in [-0.3, -0.25) is 4.99 Å². The molecule has 0 radical (unpaired) electrons. The van der Waals surface area contributed by atoms with Crippen LogP contribution in [-0.4, -0.2) is 55.6 Å². The van der Waals surface area contributed by atoms with Gasteiger partial charge in [0.15, 0.2) is 5.96 Å². The predicted molar refractivity (Wildman–Crippen MR) is 115 cm³/mol. The summed E-state index contributed by atoms with van der Waals surface area (Å²) >= 11 is 0. The number of hydrogen-bond acceptors (Lipinski definition) is 2. The number of nitrogens with zero attached hydrogens (tertiary/aromatic N) is 2. The maximum atomic E-state index is 13.2. The first-order chi connectivity index (χ1) is 11.3. The first-order valence-electron chi connectivity index (χ1n) is 8.21. The van der Waals surface area contributed by atoms with Crippen molar-refractivity contribution in [3.8, 4) is 0 Å². The van der Waals surface area contributed by atoms with Crippen LogP contribution in [-0.2, 0) is 6.42 Å². The average molecular weight is 461 g/mol. The van der Waals surface area contributed by atoms with Crippen molar-refractivity contribution in [2.75, 3.05) is 34.2 Å². The quantitative estimate of drug-likeness (QED) is 0.352. The molecule has 0 atom stereocenters. The molecule has 0 aliphatic rings. The summed E-state index contributed by atoms with van der Waals surface area (Å²) in [5.74, 6) is 0.568. The van der Waals surface area contributed by atoms with Crippen LogP contribution in [0.4, 0.5) is 4.39 Å². The van der Waals surface area contributed by atoms with Gasteiger partial charge in [-0.2, -0.15) is 0 Å². The molecule has 0 spiro atoms. The SMILES string of the molecule is CN=C(NCCc1c[nH]c2cc(F)ccc12)NCC(C)(C)N(C)C.I. The van der Waals surface area contributed by atoms with E-state index < -0.39 is 0 Å². The fourth-order valence-corrected chi connectivity index (χ4v) is 2.36. The number of aromatic amines is 1. The Bertz CT molecular complexity index is 709. The molecule has 25 heavy (non-hydrogen) atoms. The van der Waals surface area contributed by atoms with E-state index in [4.69, 9.17) is 0 Å². The zero-order valence-corrected chi connectivity index (χ0v) is 17.9. The van der Waals surface area contributed by atoms with Crippen molar-refractivity contribution in [1.82, 2.24) is 20.5 Å². The number of likely N-dealkylation sites (N-methyl/N-ethyl adjacent to an activating group) is 1. The number of H-pyrrole nitrogens is 1. The summed E-state index contributed by atoms with van der Waals surface area (Å²) in [6.07, 6.45) is 2.78. The highest BCUT2D eigenvalue weighted by molar-refractivity contribution is 14.0. The summed E-state index contributed by atoms with van der Waals surface area (Å²) in [7, 11) is 5.90. The molecule has 0 saturated heterocycles. The van der Waals surface area contributed by atoms with Crippen LogP contribution in [0.1, 0.15) is 19.4 Å². The van der Waals surface area contributed by atoms with Crippen molar-refractivity contribution in [2.24, 2.45) is 4.99 Å². The minimum absolute atomic E-state index is 0. The van der Waals surface area contributed by atoms with E-state index in [2.05, 4.69) is 53.5 Å². The number of hydrogen-bond donors (Lipinski definition) is 3. The van der Waals surface area contributed by atoms with Crippen LogP contribution in [0.5, 0.6) is 0 Å². The highest BCUT2D eigenvalue weighted by atomic mass is 127. The summed E-state index contributed by atoms with van der Waals surface area (Å²) in [6, 6.07) is 4.84. The lowest BCUT2D eigenvalue weighted by atomic mass is 10.0. The molecule has 1 aromatic heterocycles. The topological polar surface area (TPSA) is 55.5 Å². The molecule has 5 nitrogen and oxygen atoms in total. The largest absolute Gasteiger partial charge is 0.361 e. The molecule has 0 fully saturated rings. The van der Waals surface area contributed by atoms with Gasteiger partial charge < -0.3 is 20.5 Å². The van der Waals surface area contributed by atoms with Gasteiger partial charge in [0, 0.05) is 42.8 Å². The van der Waals surface area contributed by atoms with Crippen LogP contribution < -0.4 is 10.6 Å². The Kier molecular flexibility index (Phi) is 8.14. The van der Waals surface area contributed by atoms with E-state index >= 15 is 0 Å². The smallest absolute Gasteiger partial charge is 0.191 e. The van der Waals surface area contributed by atoms with E-state index in [0.29, 0.717) is 0 Å². The second-order valence-electron chi connectivity index (χ2n) is 6.81. The number of aromatic nitrogens is 1. The van der Waals surface area contributed by atoms with E-state index in [1.165, 1.54) is 17.7 Å². The second kappa shape index (κ2) is 9.38. The zero-order valence-electron chi connectivity index (χ0n) is 15.6. The molecule has 7 heteroatoms. The van der Waals surface area contributed by atoms with Gasteiger partial charge in [-0.1, -0.05) is 0 Å². The van der Waals surface area contributed by atoms with Gasteiger partial charge in [0.1, 0.15) is 5.82 Å². The third-order valence-corrected chi connectivity index (χ3v) is 4.54. The molecule has 140 valence electrons. The van der Waals surface area contributed by atoms with Crippen molar-refractivity contribution in [1.29, 1.82) is 0 Å². The van der Waals surface area contributed by atoms with E-state index in [0.717, 1.165) is 36.4 Å². The maximum Gasteiger partial charge on any atom is 0.191 e. The van der Waals surface area contributed by atoms with Crippen LogP contribution in [0.2, 0.25) is 0 Å². The first kappa shape index (κ1) is 21.7. The summed E-state index contributed by atoms with van der Waals surface area (Å²) in [5.41, 5.74) is 2.04. The van der Waals surface area contributed by atoms with E-state index in [1.807, 2.05) is 12.3 Å². The van der Waals surface area contributed by atoms with Gasteiger partial charge in [0.25, 0.3) is 0 Å². The third kappa shape index (κ3) is 5.85. The molecule has 0 aliphatic carbocycles. The van der Waals surface area contributed by atoms with Crippen LogP contribution in [0.25, 0.3) is 10.9 Å². The summed E-state index contributed by atoms with van der Waals surface area (Å²) in [6.45, 7) is 5.91. The van der Waals surface area contributed by atoms with Crippen LogP contribution in [0.15, 0.2) is 29.4 Å². The predicted octanol–water partition coefficient (Wildman–Crippen LogP) is 2.97. The van der Waals surface area contributed by atoms with Crippen LogP contribution >= 0.6 is 24.0 Å². The number of rotatable bonds is 6. The van der Waals surface area contributed by atoms with Crippen LogP contribution in [0.3, 0.4) is 0 Å². The number of aliphatic imine (C=N–C) groups is 1. The summed E-state index contributed by atoms with van der Waals surface area (Å²) in [4.78, 5) is 9.56. The number of nitrogens with one attached hydrogen (secondary N) is 3. The Morgan fingerprint density at radius 1 is 1.28 bits per heavy atom. The van der Waals surface area contributed by atoms with Crippen molar-refractivity contribution < 1.29 is 4.39 Å². The highest BCUT2D eigenvalue weighted by Gasteiger charge is 2.20. The molecule has 2 aromatic rings. The summed E-state index contributed by atoms with van der Waals surface area (Å²) < 4.78 is 13.2. The highest BCUT2D eigenvalue weighted by Crippen LogP contribution is 2.19. The fourth-order valence-electron chi connectivity index (χ4n) is 2.36. The standard InChI is InChI=1S/C18H28FN5.HI/c1-18(2,24(4)5)12-23-17(20-3)21-9-8-13-11-22-16-10-14(19)6-7-15(13)16;/h6-7,10-11,22H,8-9,12H2,1-5H3,(H2,20,21,23);1H. The lowest BCUT2D eigenvalue weighted by Gasteiger charge is -2.33. The third-order valence-electron chi connectivity index (χ3n) is 4.54. The van der Waals surface area contributed by atoms with E-state index in [-0.39, 0.29) is 35.3 Å². The molecular weight excluding hydrogens is 432 g/mol. The molecule has 1 aromatic carbocycles. The van der Waals surface area contributed by atoms with Crippen molar-refractivity contribution in [3.63, 3.8) is 0 Å². The van der Waals surface area contributed by atoms with Gasteiger partial charge in [-0.25, -0.2) is 4.39 Å². The Balaban J connectivity index is 0.00000312. The monoisotopic (exact) mass is 461 g/mol. The van der Waals surface area contributed by atoms with Gasteiger partial charge in [0.2, 0.25) is 0 Å². The number of benzene rings is 1. The zero-order chi connectivity index (χ0) is 17.7. The van der Waals surface area contributed by atoms with Crippen molar-refractivity contribution in [3.05, 3.63) is 35.8 Å². The number of guanidine groups is 1. The molecule has 0 unspecified atom stereocenters. The van der Waals surface area contributed by atoms with E-state index in [9.17, 15) is 4.39 Å². The van der Waals surface area contributed by atoms with Gasteiger partial charge >= 0.3 is 0 Å². The lowest BCUT2D eigenvalue weighted by Crippen LogP contribution is -2.51. The number of fused-ring (bicyclic) bond motifs is 1. The average Bonchev–Trinajstić information content (AvgIpc) is 2.92. The van der Waals surface area contributed by atoms with Gasteiger partial charge in [-0.15, -0.1) is 24.0 Å². The lowest BCUT2D eigenvalue weighted by molar-refractivity contribution is 0.197. The molecule has 0 saturated carbocycles. The Labute approximate surface area is 166 Å². The molecule has 0 amide bonds. The fraction of sp³-hybridized carbons (Fsp3) is 0.500. The number of halogens is 2. The molecule has 2 rings (SSSR count). The Hall–Kier alpha value is -1.35. The molecule has 3 N–H and O–H groups in total. The van der Waals surface area contributed by atoms with Crippen molar-refractivity contribution >= 4 is 40.8 Å². The molecule has 1 heterocycles. The first-order valence-corrected chi connectivity index (χ1v) is 8.21. The summed E-state index contributed by atoms with van der Waals surface area (Å²) in [5, 5.41) is 7.75. The van der Waals surface area contributed by atoms with Crippen molar-refractivity contribution in [2.45, 2.75) is 25.8 Å². The minimum Gasteiger partial charge on any atom is -0.361 e. The Morgan fingerprint density at radius 3 is 2.64 bits per heavy atom. The minimum atomic E-state index is -0.220. The second-order valence-corrected chi connectivity index (χ2v) is 6.81. The van der Waals surface area contributed by atoms with Gasteiger partial charge in [-0.05, 0) is 58.1 Å². The molecular formula is C18H29FIN5. The molecule has 0 aliphatic heterocycles.